The average Bonchev–Trinajstić information content (AvgIpc) is 3.09. The van der Waals surface area contributed by atoms with Crippen LogP contribution in [0.5, 0.6) is 0 Å². The monoisotopic (exact) mass is 326 g/mol. The van der Waals surface area contributed by atoms with E-state index in [0.29, 0.717) is 5.11 Å². The predicted molar refractivity (Wildman–Crippen MR) is 98.9 cm³/mol. The Morgan fingerprint density at radius 3 is 2.65 bits per heavy atom. The lowest BCUT2D eigenvalue weighted by atomic mass is 10.0. The van der Waals surface area contributed by atoms with Crippen LogP contribution < -0.4 is 10.6 Å². The minimum absolute atomic E-state index is 0.286. The smallest absolute Gasteiger partial charge is 0.170 e. The Morgan fingerprint density at radius 2 is 1.87 bits per heavy atom. The zero-order chi connectivity index (χ0) is 15.9. The molecule has 0 aromatic heterocycles. The Bertz CT molecular complexity index is 639. The number of thiocarbonyl (C=S) groups is 1. The molecule has 1 atom stereocenters. The van der Waals surface area contributed by atoms with Gasteiger partial charge in [-0.05, 0) is 48.7 Å². The van der Waals surface area contributed by atoms with Gasteiger partial charge in [0.2, 0.25) is 0 Å². The van der Waals surface area contributed by atoms with Gasteiger partial charge in [0, 0.05) is 18.8 Å². The van der Waals surface area contributed by atoms with Crippen molar-refractivity contribution in [1.29, 1.82) is 0 Å². The van der Waals surface area contributed by atoms with Gasteiger partial charge in [-0.15, -0.1) is 0 Å². The third kappa shape index (κ3) is 4.78. The van der Waals surface area contributed by atoms with Crippen LogP contribution in [0.25, 0.3) is 0 Å². The molecule has 3 nitrogen and oxygen atoms in total. The first-order chi connectivity index (χ1) is 11.3. The van der Waals surface area contributed by atoms with E-state index in [4.69, 9.17) is 17.0 Å². The normalized spacial score (nSPS) is 17.0. The van der Waals surface area contributed by atoms with Gasteiger partial charge in [0.05, 0.1) is 6.10 Å². The van der Waals surface area contributed by atoms with E-state index in [1.807, 2.05) is 12.1 Å². The van der Waals surface area contributed by atoms with Crippen LogP contribution in [0.3, 0.4) is 0 Å². The highest BCUT2D eigenvalue weighted by Gasteiger charge is 2.15. The summed E-state index contributed by atoms with van der Waals surface area (Å²) in [4.78, 5) is 0. The van der Waals surface area contributed by atoms with Crippen molar-refractivity contribution in [2.45, 2.75) is 25.4 Å². The predicted octanol–water partition coefficient (Wildman–Crippen LogP) is 3.74. The molecule has 1 aliphatic rings. The Balaban J connectivity index is 1.59. The quantitative estimate of drug-likeness (QED) is 0.820. The first kappa shape index (κ1) is 16.0. The number of anilines is 1. The maximum atomic E-state index is 5.61. The molecular formula is C19H22N2OS. The standard InChI is InChI=1S/C19H22N2OS/c23-19(20-14-17-10-6-12-22-17)21-18-11-5-4-9-16(18)13-15-7-2-1-3-8-15/h1-5,7-9,11,17H,6,10,12-14H2,(H2,20,21,23). The van der Waals surface area contributed by atoms with E-state index in [0.717, 1.165) is 38.1 Å². The number of nitrogens with one attached hydrogen (secondary N) is 2. The van der Waals surface area contributed by atoms with Crippen LogP contribution in [0.2, 0.25) is 0 Å². The summed E-state index contributed by atoms with van der Waals surface area (Å²) in [5.41, 5.74) is 3.58. The van der Waals surface area contributed by atoms with Gasteiger partial charge in [-0.1, -0.05) is 48.5 Å². The number of para-hydroxylation sites is 1. The maximum Gasteiger partial charge on any atom is 0.170 e. The lowest BCUT2D eigenvalue weighted by Gasteiger charge is -2.16. The number of hydrogen-bond acceptors (Lipinski definition) is 2. The molecule has 2 N–H and O–H groups in total. The lowest BCUT2D eigenvalue weighted by Crippen LogP contribution is -2.35. The second-order valence-corrected chi connectivity index (χ2v) is 6.20. The van der Waals surface area contributed by atoms with Gasteiger partial charge in [-0.2, -0.15) is 0 Å². The van der Waals surface area contributed by atoms with E-state index in [1.165, 1.54) is 11.1 Å². The lowest BCUT2D eigenvalue weighted by molar-refractivity contribution is 0.114. The van der Waals surface area contributed by atoms with Gasteiger partial charge >= 0.3 is 0 Å². The highest BCUT2D eigenvalue weighted by molar-refractivity contribution is 7.80. The van der Waals surface area contributed by atoms with Gasteiger partial charge in [-0.25, -0.2) is 0 Å². The largest absolute Gasteiger partial charge is 0.376 e. The number of hydrogen-bond donors (Lipinski definition) is 2. The molecule has 120 valence electrons. The van der Waals surface area contributed by atoms with Crippen molar-refractivity contribution < 1.29 is 4.74 Å². The molecule has 23 heavy (non-hydrogen) atoms. The minimum atomic E-state index is 0.286. The van der Waals surface area contributed by atoms with Crippen LogP contribution in [-0.4, -0.2) is 24.4 Å². The molecule has 0 spiro atoms. The molecule has 1 fully saturated rings. The van der Waals surface area contributed by atoms with Gasteiger partial charge in [0.25, 0.3) is 0 Å². The first-order valence-corrected chi connectivity index (χ1v) is 8.50. The SMILES string of the molecule is S=C(NCC1CCCO1)Nc1ccccc1Cc1ccccc1. The van der Waals surface area contributed by atoms with Crippen molar-refractivity contribution >= 4 is 23.0 Å². The van der Waals surface area contributed by atoms with Crippen molar-refractivity contribution in [3.63, 3.8) is 0 Å². The summed E-state index contributed by atoms with van der Waals surface area (Å²) in [7, 11) is 0. The molecule has 1 aliphatic heterocycles. The van der Waals surface area contributed by atoms with Crippen molar-refractivity contribution in [3.8, 4) is 0 Å². The Kier molecular flexibility index (Phi) is 5.61. The van der Waals surface area contributed by atoms with Crippen LogP contribution in [0.4, 0.5) is 5.69 Å². The van der Waals surface area contributed by atoms with Crippen LogP contribution in [0, 0.1) is 0 Å². The molecule has 1 heterocycles. The summed E-state index contributed by atoms with van der Waals surface area (Å²) >= 11 is 5.42. The summed E-state index contributed by atoms with van der Waals surface area (Å²) in [5.74, 6) is 0. The zero-order valence-electron chi connectivity index (χ0n) is 13.1. The van der Waals surface area contributed by atoms with Crippen LogP contribution >= 0.6 is 12.2 Å². The van der Waals surface area contributed by atoms with Gasteiger partial charge in [-0.3, -0.25) is 0 Å². The van der Waals surface area contributed by atoms with E-state index < -0.39 is 0 Å². The third-order valence-corrected chi connectivity index (χ3v) is 4.26. The molecule has 0 bridgehead atoms. The van der Waals surface area contributed by atoms with Gasteiger partial charge < -0.3 is 15.4 Å². The van der Waals surface area contributed by atoms with E-state index >= 15 is 0 Å². The summed E-state index contributed by atoms with van der Waals surface area (Å²) in [5, 5.41) is 7.23. The Morgan fingerprint density at radius 1 is 1.09 bits per heavy atom. The third-order valence-electron chi connectivity index (χ3n) is 4.02. The topological polar surface area (TPSA) is 33.3 Å². The van der Waals surface area contributed by atoms with E-state index in [-0.39, 0.29) is 6.10 Å². The molecule has 0 saturated carbocycles. The second-order valence-electron chi connectivity index (χ2n) is 5.79. The van der Waals surface area contributed by atoms with E-state index in [1.54, 1.807) is 0 Å². The first-order valence-electron chi connectivity index (χ1n) is 8.09. The molecule has 0 amide bonds. The molecule has 2 aromatic carbocycles. The highest BCUT2D eigenvalue weighted by atomic mass is 32.1. The van der Waals surface area contributed by atoms with Crippen molar-refractivity contribution in [2.24, 2.45) is 0 Å². The van der Waals surface area contributed by atoms with Crippen molar-refractivity contribution in [2.75, 3.05) is 18.5 Å². The molecule has 3 rings (SSSR count). The Labute approximate surface area is 143 Å². The van der Waals surface area contributed by atoms with Crippen molar-refractivity contribution in [3.05, 3.63) is 65.7 Å². The summed E-state index contributed by atoms with van der Waals surface area (Å²) < 4.78 is 5.61. The molecule has 0 aliphatic carbocycles. The fourth-order valence-corrected chi connectivity index (χ4v) is 2.98. The highest BCUT2D eigenvalue weighted by Crippen LogP contribution is 2.19. The molecule has 1 saturated heterocycles. The van der Waals surface area contributed by atoms with Crippen molar-refractivity contribution in [1.82, 2.24) is 5.32 Å². The fraction of sp³-hybridized carbons (Fsp3) is 0.316. The number of rotatable bonds is 5. The summed E-state index contributed by atoms with van der Waals surface area (Å²) in [6.07, 6.45) is 3.43. The number of benzene rings is 2. The fourth-order valence-electron chi connectivity index (χ4n) is 2.79. The molecule has 4 heteroatoms. The van der Waals surface area contributed by atoms with E-state index in [9.17, 15) is 0 Å². The summed E-state index contributed by atoms with van der Waals surface area (Å²) in [6.45, 7) is 1.64. The van der Waals surface area contributed by atoms with Gasteiger partial charge in [0.1, 0.15) is 0 Å². The van der Waals surface area contributed by atoms with E-state index in [2.05, 4.69) is 53.1 Å². The number of ether oxygens (including phenoxy) is 1. The van der Waals surface area contributed by atoms with Crippen LogP contribution in [0.1, 0.15) is 24.0 Å². The average molecular weight is 326 g/mol. The zero-order valence-corrected chi connectivity index (χ0v) is 13.9. The summed E-state index contributed by atoms with van der Waals surface area (Å²) in [6, 6.07) is 18.8. The molecule has 2 aromatic rings. The Hall–Kier alpha value is -1.91. The second kappa shape index (κ2) is 8.09. The molecule has 1 unspecified atom stereocenters. The molecule has 0 radical (unpaired) electrons. The maximum absolute atomic E-state index is 5.61. The van der Waals surface area contributed by atoms with Crippen LogP contribution in [0.15, 0.2) is 54.6 Å². The molecular weight excluding hydrogens is 304 g/mol. The van der Waals surface area contributed by atoms with Gasteiger partial charge in [0.15, 0.2) is 5.11 Å². The van der Waals surface area contributed by atoms with Crippen LogP contribution in [-0.2, 0) is 11.2 Å². The minimum Gasteiger partial charge on any atom is -0.376 e.